The molecule has 0 atom stereocenters. The van der Waals surface area contributed by atoms with E-state index in [0.717, 1.165) is 12.1 Å². The number of aromatic hydroxyl groups is 1. The third-order valence-electron chi connectivity index (χ3n) is 3.71. The van der Waals surface area contributed by atoms with Gasteiger partial charge in [0.25, 0.3) is 0 Å². The van der Waals surface area contributed by atoms with Crippen LogP contribution >= 0.6 is 0 Å². The van der Waals surface area contributed by atoms with Crippen LogP contribution in [0.3, 0.4) is 0 Å². The van der Waals surface area contributed by atoms with Gasteiger partial charge in [-0.25, -0.2) is 0 Å². The Hall–Kier alpha value is -1.96. The van der Waals surface area contributed by atoms with E-state index in [4.69, 9.17) is 0 Å². The van der Waals surface area contributed by atoms with Crippen molar-refractivity contribution in [1.29, 1.82) is 0 Å². The first-order valence-corrected chi connectivity index (χ1v) is 7.93. The molecule has 0 bridgehead atoms. The minimum atomic E-state index is 0.296. The molecular formula is C19H25NO. The maximum absolute atomic E-state index is 9.34. The molecule has 0 fully saturated rings. The van der Waals surface area contributed by atoms with E-state index in [0.29, 0.717) is 5.75 Å². The van der Waals surface area contributed by atoms with E-state index < -0.39 is 0 Å². The first kappa shape index (κ1) is 15.4. The zero-order chi connectivity index (χ0) is 14.9. The Bertz CT molecular complexity index is 534. The fraction of sp³-hybridized carbons (Fsp3) is 0.368. The standard InChI is InChI=1S/C19H25NO/c1-2-3-4-5-6-9-16-10-7-8-11-19(16)20-17-12-14-18(21)15-13-17/h7-8,10-15,20-21H,2-6,9H2,1H3. The normalized spacial score (nSPS) is 10.5. The number of unbranched alkanes of at least 4 members (excludes halogenated alkanes) is 4. The van der Waals surface area contributed by atoms with Gasteiger partial charge in [0.05, 0.1) is 0 Å². The highest BCUT2D eigenvalue weighted by Gasteiger charge is 2.02. The van der Waals surface area contributed by atoms with Gasteiger partial charge in [-0.15, -0.1) is 0 Å². The smallest absolute Gasteiger partial charge is 0.115 e. The van der Waals surface area contributed by atoms with E-state index >= 15 is 0 Å². The average Bonchev–Trinajstić information content (AvgIpc) is 2.51. The van der Waals surface area contributed by atoms with Crippen molar-refractivity contribution in [1.82, 2.24) is 0 Å². The summed E-state index contributed by atoms with van der Waals surface area (Å²) < 4.78 is 0. The molecule has 2 heteroatoms. The lowest BCUT2D eigenvalue weighted by Gasteiger charge is -2.12. The Morgan fingerprint density at radius 2 is 1.57 bits per heavy atom. The zero-order valence-corrected chi connectivity index (χ0v) is 12.8. The molecule has 21 heavy (non-hydrogen) atoms. The van der Waals surface area contributed by atoms with Gasteiger partial charge in [-0.05, 0) is 48.7 Å². The van der Waals surface area contributed by atoms with Crippen molar-refractivity contribution in [2.45, 2.75) is 45.4 Å². The zero-order valence-electron chi connectivity index (χ0n) is 12.8. The molecule has 0 unspecified atom stereocenters. The van der Waals surface area contributed by atoms with Crippen molar-refractivity contribution in [2.24, 2.45) is 0 Å². The fourth-order valence-electron chi connectivity index (χ4n) is 2.48. The van der Waals surface area contributed by atoms with E-state index in [-0.39, 0.29) is 0 Å². The topological polar surface area (TPSA) is 32.3 Å². The molecule has 2 N–H and O–H groups in total. The molecule has 2 aromatic carbocycles. The summed E-state index contributed by atoms with van der Waals surface area (Å²) in [6.07, 6.45) is 7.64. The molecule has 0 spiro atoms. The van der Waals surface area contributed by atoms with E-state index in [1.807, 2.05) is 12.1 Å². The highest BCUT2D eigenvalue weighted by Crippen LogP contribution is 2.24. The van der Waals surface area contributed by atoms with Crippen molar-refractivity contribution >= 4 is 11.4 Å². The van der Waals surface area contributed by atoms with E-state index in [1.54, 1.807) is 12.1 Å². The molecule has 2 rings (SSSR count). The quantitative estimate of drug-likeness (QED) is 0.484. The van der Waals surface area contributed by atoms with Crippen LogP contribution in [-0.2, 0) is 6.42 Å². The third kappa shape index (κ3) is 5.14. The highest BCUT2D eigenvalue weighted by molar-refractivity contribution is 5.63. The molecule has 0 aromatic heterocycles. The summed E-state index contributed by atoms with van der Waals surface area (Å²) in [5.41, 5.74) is 3.53. The molecule has 2 aromatic rings. The van der Waals surface area contributed by atoms with Crippen molar-refractivity contribution in [3.63, 3.8) is 0 Å². The van der Waals surface area contributed by atoms with Crippen molar-refractivity contribution < 1.29 is 5.11 Å². The van der Waals surface area contributed by atoms with Crippen LogP contribution < -0.4 is 5.32 Å². The molecule has 0 aliphatic rings. The monoisotopic (exact) mass is 283 g/mol. The number of aryl methyl sites for hydroxylation is 1. The number of rotatable bonds is 8. The van der Waals surface area contributed by atoms with Gasteiger partial charge in [0.15, 0.2) is 0 Å². The van der Waals surface area contributed by atoms with Crippen molar-refractivity contribution in [3.8, 4) is 5.75 Å². The second kappa shape index (κ2) is 8.35. The number of hydrogen-bond acceptors (Lipinski definition) is 2. The minimum Gasteiger partial charge on any atom is -0.508 e. The van der Waals surface area contributed by atoms with Gasteiger partial charge in [0.2, 0.25) is 0 Å². The summed E-state index contributed by atoms with van der Waals surface area (Å²) in [5.74, 6) is 0.296. The fourth-order valence-corrected chi connectivity index (χ4v) is 2.48. The SMILES string of the molecule is CCCCCCCc1ccccc1Nc1ccc(O)cc1. The van der Waals surface area contributed by atoms with Crippen LogP contribution in [-0.4, -0.2) is 5.11 Å². The summed E-state index contributed by atoms with van der Waals surface area (Å²) in [5, 5.41) is 12.8. The Labute approximate surface area is 127 Å². The van der Waals surface area contributed by atoms with Gasteiger partial charge in [-0.1, -0.05) is 50.8 Å². The summed E-state index contributed by atoms with van der Waals surface area (Å²) in [6, 6.07) is 15.7. The van der Waals surface area contributed by atoms with Gasteiger partial charge >= 0.3 is 0 Å². The summed E-state index contributed by atoms with van der Waals surface area (Å²) >= 11 is 0. The number of phenolic OH excluding ortho intramolecular Hbond substituents is 1. The summed E-state index contributed by atoms with van der Waals surface area (Å²) in [7, 11) is 0. The van der Waals surface area contributed by atoms with Crippen LogP contribution in [0, 0.1) is 0 Å². The number of benzene rings is 2. The molecule has 0 aliphatic carbocycles. The number of anilines is 2. The highest BCUT2D eigenvalue weighted by atomic mass is 16.3. The van der Waals surface area contributed by atoms with E-state index in [9.17, 15) is 5.11 Å². The number of para-hydroxylation sites is 1. The molecule has 0 amide bonds. The van der Waals surface area contributed by atoms with E-state index in [1.165, 1.54) is 43.4 Å². The van der Waals surface area contributed by atoms with Crippen LogP contribution in [0.5, 0.6) is 5.75 Å². The summed E-state index contributed by atoms with van der Waals surface area (Å²) in [4.78, 5) is 0. The molecule has 0 saturated carbocycles. The van der Waals surface area contributed by atoms with Gasteiger partial charge in [-0.3, -0.25) is 0 Å². The number of phenols is 1. The van der Waals surface area contributed by atoms with Crippen molar-refractivity contribution in [2.75, 3.05) is 5.32 Å². The lowest BCUT2D eigenvalue weighted by Crippen LogP contribution is -1.96. The van der Waals surface area contributed by atoms with Crippen LogP contribution in [0.4, 0.5) is 11.4 Å². The number of nitrogens with one attached hydrogen (secondary N) is 1. The van der Waals surface area contributed by atoms with Crippen molar-refractivity contribution in [3.05, 3.63) is 54.1 Å². The lowest BCUT2D eigenvalue weighted by molar-refractivity contribution is 0.475. The molecular weight excluding hydrogens is 258 g/mol. The first-order valence-electron chi connectivity index (χ1n) is 7.93. The van der Waals surface area contributed by atoms with Gasteiger partial charge in [0, 0.05) is 11.4 Å². The first-order chi connectivity index (χ1) is 10.3. The molecule has 2 nitrogen and oxygen atoms in total. The maximum atomic E-state index is 9.34. The van der Waals surface area contributed by atoms with Crippen LogP contribution in [0.2, 0.25) is 0 Å². The predicted molar refractivity (Wildman–Crippen MR) is 90.3 cm³/mol. The Balaban J connectivity index is 1.94. The van der Waals surface area contributed by atoms with Gasteiger partial charge in [0.1, 0.15) is 5.75 Å². The second-order valence-electron chi connectivity index (χ2n) is 5.49. The van der Waals surface area contributed by atoms with E-state index in [2.05, 4.69) is 36.5 Å². The Morgan fingerprint density at radius 1 is 0.857 bits per heavy atom. The maximum Gasteiger partial charge on any atom is 0.115 e. The van der Waals surface area contributed by atoms with Gasteiger partial charge in [-0.2, -0.15) is 0 Å². The number of hydrogen-bond donors (Lipinski definition) is 2. The average molecular weight is 283 g/mol. The minimum absolute atomic E-state index is 0.296. The lowest BCUT2D eigenvalue weighted by atomic mass is 10.0. The van der Waals surface area contributed by atoms with Crippen LogP contribution in [0.25, 0.3) is 0 Å². The second-order valence-corrected chi connectivity index (χ2v) is 5.49. The molecule has 0 heterocycles. The molecule has 0 radical (unpaired) electrons. The molecule has 0 aliphatic heterocycles. The molecule has 112 valence electrons. The molecule has 0 saturated heterocycles. The third-order valence-corrected chi connectivity index (χ3v) is 3.71. The Kier molecular flexibility index (Phi) is 6.14. The Morgan fingerprint density at radius 3 is 2.33 bits per heavy atom. The predicted octanol–water partition coefficient (Wildman–Crippen LogP) is 5.65. The van der Waals surface area contributed by atoms with Crippen LogP contribution in [0.15, 0.2) is 48.5 Å². The summed E-state index contributed by atoms with van der Waals surface area (Å²) in [6.45, 7) is 2.25. The van der Waals surface area contributed by atoms with Gasteiger partial charge < -0.3 is 10.4 Å². The largest absolute Gasteiger partial charge is 0.508 e. The van der Waals surface area contributed by atoms with Crippen LogP contribution in [0.1, 0.15) is 44.6 Å².